The third-order valence-electron chi connectivity index (χ3n) is 2.75. The van der Waals surface area contributed by atoms with Gasteiger partial charge in [-0.3, -0.25) is 4.79 Å². The van der Waals surface area contributed by atoms with E-state index in [0.29, 0.717) is 18.2 Å². The minimum atomic E-state index is -0.0188. The molecule has 5 heteroatoms. The quantitative estimate of drug-likeness (QED) is 0.894. The van der Waals surface area contributed by atoms with Gasteiger partial charge in [-0.1, -0.05) is 15.9 Å². The lowest BCUT2D eigenvalue weighted by atomic mass is 10.2. The van der Waals surface area contributed by atoms with Gasteiger partial charge in [-0.25, -0.2) is 0 Å². The zero-order valence-electron chi connectivity index (χ0n) is 9.20. The number of benzene rings is 1. The fourth-order valence-electron chi connectivity index (χ4n) is 1.76. The van der Waals surface area contributed by atoms with Crippen LogP contribution in [0.5, 0.6) is 0 Å². The molecule has 0 saturated heterocycles. The van der Waals surface area contributed by atoms with Crippen LogP contribution in [0.2, 0.25) is 0 Å². The van der Waals surface area contributed by atoms with E-state index in [2.05, 4.69) is 31.9 Å². The Bertz CT molecular complexity index is 433. The molecule has 1 aliphatic rings. The number of amides is 1. The molecule has 0 radical (unpaired) electrons. The average molecular weight is 363 g/mol. The molecule has 0 aromatic heterocycles. The van der Waals surface area contributed by atoms with E-state index in [4.69, 9.17) is 5.11 Å². The molecule has 1 amide bonds. The second-order valence-corrected chi connectivity index (χ2v) is 5.85. The Hall–Kier alpha value is -0.390. The molecule has 0 atom stereocenters. The smallest absolute Gasteiger partial charge is 0.255 e. The second-order valence-electron chi connectivity index (χ2n) is 4.08. The maximum Gasteiger partial charge on any atom is 0.255 e. The van der Waals surface area contributed by atoms with Crippen molar-refractivity contribution in [2.45, 2.75) is 18.9 Å². The molecule has 0 unspecified atom stereocenters. The van der Waals surface area contributed by atoms with Crippen molar-refractivity contribution in [3.8, 4) is 0 Å². The van der Waals surface area contributed by atoms with Crippen molar-refractivity contribution in [3.05, 3.63) is 32.7 Å². The highest BCUT2D eigenvalue weighted by Crippen LogP contribution is 2.30. The van der Waals surface area contributed by atoms with E-state index in [1.54, 1.807) is 11.0 Å². The van der Waals surface area contributed by atoms with Crippen LogP contribution >= 0.6 is 31.9 Å². The molecule has 1 fully saturated rings. The Labute approximate surface area is 117 Å². The monoisotopic (exact) mass is 361 g/mol. The van der Waals surface area contributed by atoms with Crippen molar-refractivity contribution in [2.75, 3.05) is 13.2 Å². The van der Waals surface area contributed by atoms with Crippen LogP contribution < -0.4 is 0 Å². The third kappa shape index (κ3) is 3.09. The van der Waals surface area contributed by atoms with Crippen molar-refractivity contribution in [3.63, 3.8) is 0 Å². The van der Waals surface area contributed by atoms with E-state index in [0.717, 1.165) is 21.8 Å². The van der Waals surface area contributed by atoms with Crippen LogP contribution in [0, 0.1) is 0 Å². The summed E-state index contributed by atoms with van der Waals surface area (Å²) >= 11 is 6.75. The molecule has 1 aromatic carbocycles. The number of hydrogen-bond donors (Lipinski definition) is 1. The van der Waals surface area contributed by atoms with Crippen LogP contribution in [-0.4, -0.2) is 35.1 Å². The first kappa shape index (κ1) is 13.1. The van der Waals surface area contributed by atoms with Crippen LogP contribution in [0.25, 0.3) is 0 Å². The molecule has 0 bridgehead atoms. The van der Waals surface area contributed by atoms with Gasteiger partial charge in [0.15, 0.2) is 0 Å². The Morgan fingerprint density at radius 1 is 1.41 bits per heavy atom. The summed E-state index contributed by atoms with van der Waals surface area (Å²) in [6.45, 7) is 0.413. The van der Waals surface area contributed by atoms with Crippen molar-refractivity contribution in [1.82, 2.24) is 4.90 Å². The summed E-state index contributed by atoms with van der Waals surface area (Å²) in [4.78, 5) is 14.1. The van der Waals surface area contributed by atoms with Crippen LogP contribution in [0.15, 0.2) is 27.1 Å². The maximum absolute atomic E-state index is 12.4. The number of rotatable bonds is 4. The SMILES string of the molecule is O=C(c1cc(Br)ccc1Br)N(CCO)C1CC1. The van der Waals surface area contributed by atoms with Gasteiger partial charge < -0.3 is 10.0 Å². The van der Waals surface area contributed by atoms with E-state index in [1.165, 1.54) is 0 Å². The topological polar surface area (TPSA) is 40.5 Å². The highest BCUT2D eigenvalue weighted by molar-refractivity contribution is 9.11. The zero-order chi connectivity index (χ0) is 12.4. The van der Waals surface area contributed by atoms with Gasteiger partial charge in [0, 0.05) is 21.5 Å². The van der Waals surface area contributed by atoms with Gasteiger partial charge in [0.1, 0.15) is 0 Å². The van der Waals surface area contributed by atoms with Crippen molar-refractivity contribution >= 4 is 37.8 Å². The molecular weight excluding hydrogens is 350 g/mol. The summed E-state index contributed by atoms with van der Waals surface area (Å²) in [6, 6.07) is 5.84. The number of halogens is 2. The summed E-state index contributed by atoms with van der Waals surface area (Å²) in [7, 11) is 0. The molecule has 1 saturated carbocycles. The standard InChI is InChI=1S/C12H13Br2NO2/c13-8-1-4-11(14)10(7-8)12(17)15(5-6-16)9-2-3-9/h1,4,7,9,16H,2-3,5-6H2. The van der Waals surface area contributed by atoms with Crippen LogP contribution in [0.4, 0.5) is 0 Å². The van der Waals surface area contributed by atoms with E-state index < -0.39 is 0 Å². The number of hydrogen-bond acceptors (Lipinski definition) is 2. The number of aliphatic hydroxyl groups is 1. The molecule has 1 aliphatic carbocycles. The van der Waals surface area contributed by atoms with Crippen molar-refractivity contribution in [1.29, 1.82) is 0 Å². The lowest BCUT2D eigenvalue weighted by Crippen LogP contribution is -2.35. The van der Waals surface area contributed by atoms with E-state index >= 15 is 0 Å². The Kier molecular flexibility index (Phi) is 4.22. The molecule has 92 valence electrons. The lowest BCUT2D eigenvalue weighted by Gasteiger charge is -2.22. The van der Waals surface area contributed by atoms with Gasteiger partial charge in [-0.2, -0.15) is 0 Å². The third-order valence-corrected chi connectivity index (χ3v) is 3.93. The summed E-state index contributed by atoms with van der Waals surface area (Å²) in [5.41, 5.74) is 0.639. The minimum absolute atomic E-state index is 0.00780. The number of carbonyl (C=O) groups excluding carboxylic acids is 1. The van der Waals surface area contributed by atoms with Crippen LogP contribution in [0.1, 0.15) is 23.2 Å². The first-order valence-corrected chi connectivity index (χ1v) is 7.09. The Morgan fingerprint density at radius 3 is 2.71 bits per heavy atom. The molecule has 0 heterocycles. The summed E-state index contributed by atoms with van der Waals surface area (Å²) < 4.78 is 1.66. The summed E-state index contributed by atoms with van der Waals surface area (Å²) in [5.74, 6) is -0.0188. The molecule has 2 rings (SSSR count). The van der Waals surface area contributed by atoms with Crippen LogP contribution in [-0.2, 0) is 0 Å². The molecule has 0 spiro atoms. The lowest BCUT2D eigenvalue weighted by molar-refractivity contribution is 0.0706. The maximum atomic E-state index is 12.4. The molecule has 1 aromatic rings. The fraction of sp³-hybridized carbons (Fsp3) is 0.417. The molecule has 1 N–H and O–H groups in total. The largest absolute Gasteiger partial charge is 0.395 e. The molecular formula is C12H13Br2NO2. The highest BCUT2D eigenvalue weighted by Gasteiger charge is 2.33. The first-order chi connectivity index (χ1) is 8.13. The van der Waals surface area contributed by atoms with Crippen LogP contribution in [0.3, 0.4) is 0 Å². The average Bonchev–Trinajstić information content (AvgIpc) is 3.12. The van der Waals surface area contributed by atoms with E-state index in [9.17, 15) is 4.79 Å². The first-order valence-electron chi connectivity index (χ1n) is 5.50. The molecule has 3 nitrogen and oxygen atoms in total. The Morgan fingerprint density at radius 2 is 2.12 bits per heavy atom. The number of aliphatic hydroxyl groups excluding tert-OH is 1. The summed E-state index contributed by atoms with van der Waals surface area (Å²) in [5, 5.41) is 9.02. The zero-order valence-corrected chi connectivity index (χ0v) is 12.4. The molecule has 0 aliphatic heterocycles. The van der Waals surface area contributed by atoms with Gasteiger partial charge in [-0.05, 0) is 47.0 Å². The molecule has 17 heavy (non-hydrogen) atoms. The fourth-order valence-corrected chi connectivity index (χ4v) is 2.54. The Balaban J connectivity index is 2.24. The normalized spacial score (nSPS) is 14.8. The van der Waals surface area contributed by atoms with Crippen molar-refractivity contribution < 1.29 is 9.90 Å². The van der Waals surface area contributed by atoms with E-state index in [1.807, 2.05) is 12.1 Å². The van der Waals surface area contributed by atoms with Gasteiger partial charge in [0.25, 0.3) is 5.91 Å². The van der Waals surface area contributed by atoms with Gasteiger partial charge in [0.05, 0.1) is 12.2 Å². The summed E-state index contributed by atoms with van der Waals surface area (Å²) in [6.07, 6.45) is 2.08. The van der Waals surface area contributed by atoms with Gasteiger partial charge in [0.2, 0.25) is 0 Å². The predicted octanol–water partition coefficient (Wildman–Crippen LogP) is 2.81. The van der Waals surface area contributed by atoms with Gasteiger partial charge in [-0.15, -0.1) is 0 Å². The number of carbonyl (C=O) groups is 1. The number of nitrogens with zero attached hydrogens (tertiary/aromatic N) is 1. The second kappa shape index (κ2) is 5.50. The van der Waals surface area contributed by atoms with Gasteiger partial charge >= 0.3 is 0 Å². The van der Waals surface area contributed by atoms with Crippen molar-refractivity contribution in [2.24, 2.45) is 0 Å². The van der Waals surface area contributed by atoms with E-state index in [-0.39, 0.29) is 12.5 Å². The highest BCUT2D eigenvalue weighted by atomic mass is 79.9. The predicted molar refractivity (Wildman–Crippen MR) is 73.0 cm³/mol. The minimum Gasteiger partial charge on any atom is -0.395 e.